The number of nitrogens with two attached hydrogens (primary N) is 1. The predicted molar refractivity (Wildman–Crippen MR) is 114 cm³/mol. The summed E-state index contributed by atoms with van der Waals surface area (Å²) in [6.45, 7) is 2.87. The Balaban J connectivity index is 1.45. The van der Waals surface area contributed by atoms with Crippen LogP contribution in [0.4, 0.5) is 0 Å². The van der Waals surface area contributed by atoms with Crippen LogP contribution >= 0.6 is 0 Å². The van der Waals surface area contributed by atoms with Crippen LogP contribution in [-0.4, -0.2) is 46.7 Å². The first-order valence-electron chi connectivity index (χ1n) is 11.6. The second-order valence-corrected chi connectivity index (χ2v) is 10.5. The number of amides is 3. The molecule has 4 saturated carbocycles. The van der Waals surface area contributed by atoms with Crippen LogP contribution in [0.15, 0.2) is 24.4 Å². The average molecular weight is 425 g/mol. The van der Waals surface area contributed by atoms with Crippen molar-refractivity contribution in [2.75, 3.05) is 13.1 Å². The number of hydrogen-bond acceptors (Lipinski definition) is 4. The summed E-state index contributed by atoms with van der Waals surface area (Å²) in [4.78, 5) is 45.3. The standard InChI is InChI=1S/C24H32N4O3/c1-23(6-8-27-21(23)30)22(31)28(9-5-18-4-2-3-7-26-18)19-16-10-15-11-17(19)14-24(12-15,13-16)20(25)29/h2-4,7,15-17,19H,5-6,8-14H2,1H3,(H2,25,29)(H,27,30). The van der Waals surface area contributed by atoms with Crippen molar-refractivity contribution >= 4 is 17.7 Å². The molecule has 1 aliphatic heterocycles. The second-order valence-electron chi connectivity index (χ2n) is 10.5. The smallest absolute Gasteiger partial charge is 0.238 e. The Kier molecular flexibility index (Phi) is 4.83. The minimum absolute atomic E-state index is 0.0657. The van der Waals surface area contributed by atoms with E-state index in [1.165, 1.54) is 0 Å². The number of pyridine rings is 1. The van der Waals surface area contributed by atoms with E-state index in [4.69, 9.17) is 5.73 Å². The van der Waals surface area contributed by atoms with Gasteiger partial charge in [-0.1, -0.05) is 6.07 Å². The molecule has 0 radical (unpaired) electrons. The lowest BCUT2D eigenvalue weighted by Gasteiger charge is -2.61. The van der Waals surface area contributed by atoms with Crippen LogP contribution in [0.25, 0.3) is 0 Å². The van der Waals surface area contributed by atoms with Crippen molar-refractivity contribution in [3.05, 3.63) is 30.1 Å². The predicted octanol–water partition coefficient (Wildman–Crippen LogP) is 1.66. The van der Waals surface area contributed by atoms with E-state index in [0.29, 0.717) is 31.8 Å². The summed E-state index contributed by atoms with van der Waals surface area (Å²) in [5.41, 5.74) is 5.40. The maximum absolute atomic E-state index is 13.9. The molecule has 1 saturated heterocycles. The Morgan fingerprint density at radius 1 is 1.23 bits per heavy atom. The van der Waals surface area contributed by atoms with Gasteiger partial charge in [-0.05, 0) is 75.3 Å². The molecule has 1 aromatic heterocycles. The Bertz CT molecular complexity index is 887. The summed E-state index contributed by atoms with van der Waals surface area (Å²) >= 11 is 0. The maximum atomic E-state index is 13.9. The van der Waals surface area contributed by atoms with E-state index in [2.05, 4.69) is 10.3 Å². The Morgan fingerprint density at radius 2 is 1.97 bits per heavy atom. The van der Waals surface area contributed by atoms with Gasteiger partial charge >= 0.3 is 0 Å². The van der Waals surface area contributed by atoms with E-state index >= 15 is 0 Å². The van der Waals surface area contributed by atoms with Gasteiger partial charge in [-0.15, -0.1) is 0 Å². The van der Waals surface area contributed by atoms with E-state index in [1.54, 1.807) is 13.1 Å². The number of hydrogen-bond donors (Lipinski definition) is 2. The molecule has 0 aromatic carbocycles. The van der Waals surface area contributed by atoms with Crippen LogP contribution in [0.2, 0.25) is 0 Å². The zero-order valence-electron chi connectivity index (χ0n) is 18.2. The minimum atomic E-state index is -1.01. The number of nitrogens with zero attached hydrogens (tertiary/aromatic N) is 2. The Morgan fingerprint density at radius 3 is 2.55 bits per heavy atom. The summed E-state index contributed by atoms with van der Waals surface area (Å²) in [7, 11) is 0. The summed E-state index contributed by atoms with van der Waals surface area (Å²) < 4.78 is 0. The van der Waals surface area contributed by atoms with Crippen molar-refractivity contribution in [1.82, 2.24) is 15.2 Å². The van der Waals surface area contributed by atoms with Gasteiger partial charge in [0.1, 0.15) is 5.41 Å². The average Bonchev–Trinajstić information content (AvgIpc) is 3.09. The number of aromatic nitrogens is 1. The molecule has 166 valence electrons. The normalized spacial score (nSPS) is 38.2. The molecule has 0 spiro atoms. The topological polar surface area (TPSA) is 105 Å². The number of carbonyl (C=O) groups excluding carboxylic acids is 3. The summed E-state index contributed by atoms with van der Waals surface area (Å²) in [6.07, 6.45) is 7.51. The van der Waals surface area contributed by atoms with Gasteiger partial charge in [0.05, 0.1) is 0 Å². The van der Waals surface area contributed by atoms with Crippen molar-refractivity contribution in [3.8, 4) is 0 Å². The highest BCUT2D eigenvalue weighted by Crippen LogP contribution is 2.61. The van der Waals surface area contributed by atoms with Crippen LogP contribution in [0.3, 0.4) is 0 Å². The largest absolute Gasteiger partial charge is 0.369 e. The van der Waals surface area contributed by atoms with E-state index in [9.17, 15) is 14.4 Å². The lowest BCUT2D eigenvalue weighted by atomic mass is 9.47. The fourth-order valence-corrected chi connectivity index (χ4v) is 7.23. The molecule has 6 rings (SSSR count). The van der Waals surface area contributed by atoms with Crippen molar-refractivity contribution in [2.45, 2.75) is 57.9 Å². The molecule has 3 unspecified atom stereocenters. The third-order valence-electron chi connectivity index (χ3n) is 8.59. The molecular weight excluding hydrogens is 392 g/mol. The number of primary amides is 1. The molecule has 4 bridgehead atoms. The first-order chi connectivity index (χ1) is 14.8. The molecule has 4 aliphatic carbocycles. The van der Waals surface area contributed by atoms with Crippen LogP contribution in [0, 0.1) is 28.6 Å². The van der Waals surface area contributed by atoms with Gasteiger partial charge in [0, 0.05) is 42.9 Å². The molecule has 1 aromatic rings. The second kappa shape index (κ2) is 7.31. The highest BCUT2D eigenvalue weighted by atomic mass is 16.2. The van der Waals surface area contributed by atoms with Crippen molar-refractivity contribution in [3.63, 3.8) is 0 Å². The van der Waals surface area contributed by atoms with Crippen LogP contribution < -0.4 is 11.1 Å². The third-order valence-corrected chi connectivity index (χ3v) is 8.59. The van der Waals surface area contributed by atoms with Gasteiger partial charge in [0.25, 0.3) is 0 Å². The van der Waals surface area contributed by atoms with Gasteiger partial charge in [-0.3, -0.25) is 19.4 Å². The highest BCUT2D eigenvalue weighted by Gasteiger charge is 2.60. The zero-order valence-corrected chi connectivity index (χ0v) is 18.2. The lowest BCUT2D eigenvalue weighted by molar-refractivity contribution is -0.166. The van der Waals surface area contributed by atoms with Crippen molar-refractivity contribution < 1.29 is 14.4 Å². The molecule has 3 atom stereocenters. The summed E-state index contributed by atoms with van der Waals surface area (Å²) in [5.74, 6) is 0.680. The van der Waals surface area contributed by atoms with Gasteiger partial charge in [-0.25, -0.2) is 0 Å². The van der Waals surface area contributed by atoms with Gasteiger partial charge in [-0.2, -0.15) is 0 Å². The van der Waals surface area contributed by atoms with Crippen LogP contribution in [-0.2, 0) is 20.8 Å². The van der Waals surface area contributed by atoms with Gasteiger partial charge in [0.15, 0.2) is 0 Å². The molecule has 3 amide bonds. The molecule has 7 nitrogen and oxygen atoms in total. The zero-order chi connectivity index (χ0) is 21.8. The van der Waals surface area contributed by atoms with E-state index in [1.807, 2.05) is 23.1 Å². The quantitative estimate of drug-likeness (QED) is 0.678. The van der Waals surface area contributed by atoms with Crippen LogP contribution in [0.5, 0.6) is 0 Å². The molecule has 31 heavy (non-hydrogen) atoms. The molecule has 5 fully saturated rings. The summed E-state index contributed by atoms with van der Waals surface area (Å²) in [5, 5.41) is 2.85. The molecule has 2 heterocycles. The minimum Gasteiger partial charge on any atom is -0.369 e. The first-order valence-corrected chi connectivity index (χ1v) is 11.6. The molecule has 7 heteroatoms. The number of rotatable bonds is 6. The fraction of sp³-hybridized carbons (Fsp3) is 0.667. The fourth-order valence-electron chi connectivity index (χ4n) is 7.23. The Labute approximate surface area is 183 Å². The first kappa shape index (κ1) is 20.5. The highest BCUT2D eigenvalue weighted by molar-refractivity contribution is 6.06. The van der Waals surface area contributed by atoms with E-state index < -0.39 is 10.8 Å². The number of nitrogens with one attached hydrogen (secondary N) is 1. The lowest BCUT2D eigenvalue weighted by Crippen LogP contribution is -2.64. The molecule has 3 N–H and O–H groups in total. The monoisotopic (exact) mass is 424 g/mol. The van der Waals surface area contributed by atoms with E-state index in [0.717, 1.165) is 37.8 Å². The SMILES string of the molecule is CC1(C(=O)N(CCc2ccccn2)C2C3CC4CC2CC(C(N)=O)(C4)C3)CCNC1=O. The maximum Gasteiger partial charge on any atom is 0.238 e. The van der Waals surface area contributed by atoms with Gasteiger partial charge < -0.3 is 16.0 Å². The molecular formula is C24H32N4O3. The van der Waals surface area contributed by atoms with Crippen LogP contribution in [0.1, 0.15) is 51.1 Å². The van der Waals surface area contributed by atoms with Gasteiger partial charge in [0.2, 0.25) is 17.7 Å². The number of carbonyl (C=O) groups is 3. The van der Waals surface area contributed by atoms with E-state index in [-0.39, 0.29) is 35.6 Å². The molecule has 5 aliphatic rings. The summed E-state index contributed by atoms with van der Waals surface area (Å²) in [6, 6.07) is 5.90. The Hall–Kier alpha value is -2.44. The third kappa shape index (κ3) is 3.24. The van der Waals surface area contributed by atoms with Crippen molar-refractivity contribution in [2.24, 2.45) is 34.3 Å². The van der Waals surface area contributed by atoms with Crippen molar-refractivity contribution in [1.29, 1.82) is 0 Å².